The van der Waals surface area contributed by atoms with E-state index in [1.54, 1.807) is 0 Å². The van der Waals surface area contributed by atoms with E-state index in [2.05, 4.69) is 61.6 Å². The molecule has 0 aromatic carbocycles. The summed E-state index contributed by atoms with van der Waals surface area (Å²) in [6.45, 7) is 19.1. The normalized spacial score (nSPS) is 14.8. The third-order valence-electron chi connectivity index (χ3n) is 2.45. The van der Waals surface area contributed by atoms with E-state index < -0.39 is 8.56 Å². The highest BCUT2D eigenvalue weighted by atomic mass is 28.4. The molecule has 92 valence electrons. The summed E-state index contributed by atoms with van der Waals surface area (Å²) in [5.41, 5.74) is -0.232. The first-order valence-electron chi connectivity index (χ1n) is 5.76. The fraction of sp³-hybridized carbons (Fsp3) is 1.00. The number of rotatable bonds is 4. The molecule has 0 heterocycles. The smallest absolute Gasteiger partial charge is 0.332 e. The van der Waals surface area contributed by atoms with Crippen LogP contribution < -0.4 is 0 Å². The lowest BCUT2D eigenvalue weighted by Gasteiger charge is -2.40. The molecule has 0 rings (SSSR count). The second-order valence-electron chi connectivity index (χ2n) is 6.47. The molecule has 3 heteroatoms. The van der Waals surface area contributed by atoms with Crippen LogP contribution in [0.3, 0.4) is 0 Å². The van der Waals surface area contributed by atoms with Gasteiger partial charge in [0.2, 0.25) is 0 Å². The second kappa shape index (κ2) is 4.56. The van der Waals surface area contributed by atoms with Crippen molar-refractivity contribution in [3.05, 3.63) is 0 Å². The Morgan fingerprint density at radius 3 is 1.53 bits per heavy atom. The first-order chi connectivity index (χ1) is 6.36. The van der Waals surface area contributed by atoms with Crippen molar-refractivity contribution in [3.8, 4) is 0 Å². The standard InChI is InChI=1S/C12H28O2Si/c1-10(2)12(6,7)14-15(8,9)13-11(3,4)5/h10H,1-9H3. The first kappa shape index (κ1) is 15.1. The maximum Gasteiger partial charge on any atom is 0.332 e. The summed E-state index contributed by atoms with van der Waals surface area (Å²) in [4.78, 5) is 0. The molecule has 0 aliphatic heterocycles. The Balaban J connectivity index is 4.51. The molecule has 0 atom stereocenters. The van der Waals surface area contributed by atoms with Crippen molar-refractivity contribution >= 4 is 8.56 Å². The second-order valence-corrected chi connectivity index (χ2v) is 9.68. The van der Waals surface area contributed by atoms with Crippen LogP contribution in [-0.2, 0) is 8.85 Å². The lowest BCUT2D eigenvalue weighted by molar-refractivity contribution is -0.0113. The van der Waals surface area contributed by atoms with Gasteiger partial charge in [0.1, 0.15) is 0 Å². The lowest BCUT2D eigenvalue weighted by Crippen LogP contribution is -2.49. The van der Waals surface area contributed by atoms with Gasteiger partial charge in [0.15, 0.2) is 0 Å². The van der Waals surface area contributed by atoms with Gasteiger partial charge in [-0.25, -0.2) is 0 Å². The molecule has 0 amide bonds. The van der Waals surface area contributed by atoms with Crippen molar-refractivity contribution in [2.45, 2.75) is 72.8 Å². The molecule has 2 nitrogen and oxygen atoms in total. The van der Waals surface area contributed by atoms with Crippen LogP contribution in [0.15, 0.2) is 0 Å². The van der Waals surface area contributed by atoms with E-state index in [0.717, 1.165) is 0 Å². The van der Waals surface area contributed by atoms with Crippen LogP contribution in [0.4, 0.5) is 0 Å². The van der Waals surface area contributed by atoms with Crippen molar-refractivity contribution in [1.82, 2.24) is 0 Å². The van der Waals surface area contributed by atoms with Crippen LogP contribution in [0.5, 0.6) is 0 Å². The SMILES string of the molecule is CC(C)C(C)(C)O[Si](C)(C)OC(C)(C)C. The average molecular weight is 232 g/mol. The van der Waals surface area contributed by atoms with E-state index in [1.807, 2.05) is 0 Å². The minimum absolute atomic E-state index is 0.110. The van der Waals surface area contributed by atoms with E-state index in [-0.39, 0.29) is 11.2 Å². The Kier molecular flexibility index (Phi) is 4.60. The van der Waals surface area contributed by atoms with Gasteiger partial charge in [-0.1, -0.05) is 13.8 Å². The predicted molar refractivity (Wildman–Crippen MR) is 68.3 cm³/mol. The topological polar surface area (TPSA) is 18.5 Å². The van der Waals surface area contributed by atoms with E-state index in [0.29, 0.717) is 5.92 Å². The summed E-state index contributed by atoms with van der Waals surface area (Å²) in [5.74, 6) is 0.493. The van der Waals surface area contributed by atoms with E-state index in [4.69, 9.17) is 8.85 Å². The number of hydrogen-bond acceptors (Lipinski definition) is 2. The highest BCUT2D eigenvalue weighted by molar-refractivity contribution is 6.64. The predicted octanol–water partition coefficient (Wildman–Crippen LogP) is 3.95. The Morgan fingerprint density at radius 1 is 0.867 bits per heavy atom. The summed E-state index contributed by atoms with van der Waals surface area (Å²) >= 11 is 0. The van der Waals surface area contributed by atoms with Gasteiger partial charge in [0.25, 0.3) is 0 Å². The van der Waals surface area contributed by atoms with Crippen LogP contribution in [0.1, 0.15) is 48.5 Å². The molecule has 0 unspecified atom stereocenters. The van der Waals surface area contributed by atoms with Gasteiger partial charge in [0.05, 0.1) is 11.2 Å². The average Bonchev–Trinajstić information content (AvgIpc) is 1.75. The summed E-state index contributed by atoms with van der Waals surface area (Å²) in [7, 11) is -2.04. The van der Waals surface area contributed by atoms with Crippen molar-refractivity contribution in [2.75, 3.05) is 0 Å². The maximum absolute atomic E-state index is 6.18. The maximum atomic E-state index is 6.18. The molecule has 0 aliphatic rings. The van der Waals surface area contributed by atoms with Gasteiger partial charge in [-0.2, -0.15) is 0 Å². The Hall–Kier alpha value is 0.137. The molecule has 0 aromatic rings. The van der Waals surface area contributed by atoms with Crippen LogP contribution in [0.2, 0.25) is 13.1 Å². The molecule has 0 saturated heterocycles. The Morgan fingerprint density at radius 2 is 1.27 bits per heavy atom. The summed E-state index contributed by atoms with van der Waals surface area (Å²) in [5, 5.41) is 0. The highest BCUT2D eigenvalue weighted by Crippen LogP contribution is 2.28. The van der Waals surface area contributed by atoms with Crippen LogP contribution >= 0.6 is 0 Å². The molecule has 0 fully saturated rings. The monoisotopic (exact) mass is 232 g/mol. The summed E-state index contributed by atoms with van der Waals surface area (Å²) in [6, 6.07) is 0. The quantitative estimate of drug-likeness (QED) is 0.683. The molecular weight excluding hydrogens is 204 g/mol. The van der Waals surface area contributed by atoms with Crippen molar-refractivity contribution in [1.29, 1.82) is 0 Å². The minimum atomic E-state index is -2.04. The van der Waals surface area contributed by atoms with Gasteiger partial charge in [-0.05, 0) is 53.6 Å². The molecule has 0 aromatic heterocycles. The zero-order chi connectivity index (χ0) is 12.5. The third kappa shape index (κ3) is 6.33. The zero-order valence-electron chi connectivity index (χ0n) is 11.9. The van der Waals surface area contributed by atoms with Crippen LogP contribution in [-0.4, -0.2) is 19.8 Å². The van der Waals surface area contributed by atoms with Gasteiger partial charge < -0.3 is 8.85 Å². The molecule has 0 spiro atoms. The van der Waals surface area contributed by atoms with Crippen LogP contribution in [0, 0.1) is 5.92 Å². The van der Waals surface area contributed by atoms with Gasteiger partial charge in [-0.15, -0.1) is 0 Å². The molecule has 0 aliphatic carbocycles. The summed E-state index contributed by atoms with van der Waals surface area (Å²) in [6.07, 6.45) is 0. The Bertz CT molecular complexity index is 202. The largest absolute Gasteiger partial charge is 0.390 e. The fourth-order valence-electron chi connectivity index (χ4n) is 1.51. The minimum Gasteiger partial charge on any atom is -0.390 e. The van der Waals surface area contributed by atoms with E-state index >= 15 is 0 Å². The van der Waals surface area contributed by atoms with Crippen LogP contribution in [0.25, 0.3) is 0 Å². The first-order valence-corrected chi connectivity index (χ1v) is 8.58. The van der Waals surface area contributed by atoms with Gasteiger partial charge in [-0.3, -0.25) is 0 Å². The van der Waals surface area contributed by atoms with Gasteiger partial charge in [0, 0.05) is 0 Å². The molecule has 0 bridgehead atoms. The Labute approximate surface area is 96.6 Å². The molecule has 0 radical (unpaired) electrons. The van der Waals surface area contributed by atoms with Crippen molar-refractivity contribution in [3.63, 3.8) is 0 Å². The van der Waals surface area contributed by atoms with E-state index in [9.17, 15) is 0 Å². The fourth-order valence-corrected chi connectivity index (χ4v) is 4.53. The van der Waals surface area contributed by atoms with Crippen molar-refractivity contribution < 1.29 is 8.85 Å². The highest BCUT2D eigenvalue weighted by Gasteiger charge is 2.37. The van der Waals surface area contributed by atoms with E-state index in [1.165, 1.54) is 0 Å². The molecule has 15 heavy (non-hydrogen) atoms. The number of hydrogen-bond donors (Lipinski definition) is 0. The molecule has 0 N–H and O–H groups in total. The lowest BCUT2D eigenvalue weighted by atomic mass is 9.95. The summed E-state index contributed by atoms with van der Waals surface area (Å²) < 4.78 is 12.2. The molecule has 0 saturated carbocycles. The third-order valence-corrected chi connectivity index (χ3v) is 4.57. The molecular formula is C12H28O2Si. The van der Waals surface area contributed by atoms with Crippen molar-refractivity contribution in [2.24, 2.45) is 5.92 Å². The van der Waals surface area contributed by atoms with Gasteiger partial charge >= 0.3 is 8.56 Å². The zero-order valence-corrected chi connectivity index (χ0v) is 12.9.